The summed E-state index contributed by atoms with van der Waals surface area (Å²) in [5.41, 5.74) is 3.77. The van der Waals surface area contributed by atoms with E-state index in [1.165, 1.54) is 23.9 Å². The molecule has 1 aliphatic heterocycles. The van der Waals surface area contributed by atoms with E-state index in [9.17, 15) is 9.18 Å². The van der Waals surface area contributed by atoms with Gasteiger partial charge in [-0.1, -0.05) is 11.8 Å². The summed E-state index contributed by atoms with van der Waals surface area (Å²) in [4.78, 5) is 30.3. The molecule has 4 rings (SSSR count). The molecule has 3 heterocycles. The average molecular weight is 458 g/mol. The molecule has 0 unspecified atom stereocenters. The number of carbonyl (C=O) groups is 1. The van der Waals surface area contributed by atoms with Gasteiger partial charge < -0.3 is 4.90 Å². The van der Waals surface area contributed by atoms with E-state index in [4.69, 9.17) is 4.98 Å². The van der Waals surface area contributed by atoms with Crippen LogP contribution in [-0.4, -0.2) is 62.6 Å². The molecule has 162 valence electrons. The molecule has 0 radical (unpaired) electrons. The summed E-state index contributed by atoms with van der Waals surface area (Å²) in [5, 5.41) is 3.61. The Kier molecular flexibility index (Phi) is 6.94. The number of carbonyl (C=O) groups excluding carboxylic acids is 1. The van der Waals surface area contributed by atoms with Crippen LogP contribution >= 0.6 is 23.1 Å². The van der Waals surface area contributed by atoms with Crippen molar-refractivity contribution in [2.75, 3.05) is 31.9 Å². The molecule has 1 fully saturated rings. The summed E-state index contributed by atoms with van der Waals surface area (Å²) in [5.74, 6) is 0.239. The molecule has 3 aromatic rings. The summed E-state index contributed by atoms with van der Waals surface area (Å²) in [6.45, 7) is 7.68. The van der Waals surface area contributed by atoms with Crippen molar-refractivity contribution in [1.82, 2.24) is 24.8 Å². The number of piperazine rings is 1. The van der Waals surface area contributed by atoms with Crippen LogP contribution in [0.4, 0.5) is 4.39 Å². The Labute approximate surface area is 189 Å². The van der Waals surface area contributed by atoms with Crippen LogP contribution in [-0.2, 0) is 11.3 Å². The molecule has 0 spiro atoms. The van der Waals surface area contributed by atoms with Gasteiger partial charge in [-0.15, -0.1) is 11.3 Å². The van der Waals surface area contributed by atoms with Crippen LogP contribution < -0.4 is 0 Å². The van der Waals surface area contributed by atoms with E-state index in [1.807, 2.05) is 24.8 Å². The van der Waals surface area contributed by atoms with Gasteiger partial charge in [0.05, 0.1) is 11.4 Å². The third-order valence-corrected chi connectivity index (χ3v) is 6.81. The maximum Gasteiger partial charge on any atom is 0.233 e. The number of aryl methyl sites for hydroxylation is 2. The Morgan fingerprint density at radius 2 is 1.74 bits per heavy atom. The first-order valence-electron chi connectivity index (χ1n) is 10.1. The fourth-order valence-corrected chi connectivity index (χ4v) is 5.13. The SMILES string of the molecule is Cc1cc(C)nc(SCC(=O)N2CCN(Cc3csc(-c4ccc(F)cc4)n3)CC2)n1. The molecule has 1 aliphatic rings. The summed E-state index contributed by atoms with van der Waals surface area (Å²) in [6, 6.07) is 8.34. The Morgan fingerprint density at radius 3 is 2.42 bits per heavy atom. The molecular formula is C22H24FN5OS2. The number of rotatable bonds is 6. The van der Waals surface area contributed by atoms with Gasteiger partial charge in [0.15, 0.2) is 5.16 Å². The van der Waals surface area contributed by atoms with Gasteiger partial charge in [0.2, 0.25) is 5.91 Å². The number of nitrogens with zero attached hydrogens (tertiary/aromatic N) is 5. The normalized spacial score (nSPS) is 14.7. The molecule has 0 atom stereocenters. The first kappa shape index (κ1) is 21.9. The lowest BCUT2D eigenvalue weighted by molar-refractivity contribution is -0.130. The number of thiazole rings is 1. The number of benzene rings is 1. The number of amides is 1. The van der Waals surface area contributed by atoms with Gasteiger partial charge in [0, 0.05) is 55.1 Å². The molecular weight excluding hydrogens is 433 g/mol. The van der Waals surface area contributed by atoms with Gasteiger partial charge in [-0.3, -0.25) is 9.69 Å². The van der Waals surface area contributed by atoms with Crippen LogP contribution in [0.1, 0.15) is 17.1 Å². The van der Waals surface area contributed by atoms with E-state index in [1.54, 1.807) is 23.5 Å². The second-order valence-electron chi connectivity index (χ2n) is 7.53. The van der Waals surface area contributed by atoms with Crippen molar-refractivity contribution < 1.29 is 9.18 Å². The quantitative estimate of drug-likeness (QED) is 0.415. The summed E-state index contributed by atoms with van der Waals surface area (Å²) >= 11 is 2.97. The molecule has 0 saturated carbocycles. The maximum absolute atomic E-state index is 13.1. The van der Waals surface area contributed by atoms with Gasteiger partial charge in [-0.05, 0) is 44.2 Å². The topological polar surface area (TPSA) is 62.2 Å². The standard InChI is InChI=1S/C22H24FN5OS2/c1-15-11-16(2)25-22(24-15)31-14-20(29)28-9-7-27(8-10-28)12-19-13-30-21(26-19)17-3-5-18(23)6-4-17/h3-6,11,13H,7-10,12,14H2,1-2H3. The van der Waals surface area contributed by atoms with E-state index >= 15 is 0 Å². The third-order valence-electron chi connectivity index (χ3n) is 5.04. The van der Waals surface area contributed by atoms with Gasteiger partial charge in [-0.25, -0.2) is 19.3 Å². The van der Waals surface area contributed by atoms with Gasteiger partial charge in [0.25, 0.3) is 0 Å². The fraction of sp³-hybridized carbons (Fsp3) is 0.364. The first-order valence-corrected chi connectivity index (χ1v) is 12.0. The minimum Gasteiger partial charge on any atom is -0.339 e. The van der Waals surface area contributed by atoms with Crippen LogP contribution in [0.5, 0.6) is 0 Å². The second kappa shape index (κ2) is 9.84. The molecule has 0 bridgehead atoms. The van der Waals surface area contributed by atoms with Crippen molar-refractivity contribution in [1.29, 1.82) is 0 Å². The molecule has 2 aromatic heterocycles. The molecule has 1 saturated heterocycles. The summed E-state index contributed by atoms with van der Waals surface area (Å²) < 4.78 is 13.1. The van der Waals surface area contributed by atoms with Crippen molar-refractivity contribution in [2.24, 2.45) is 0 Å². The van der Waals surface area contributed by atoms with Gasteiger partial charge >= 0.3 is 0 Å². The lowest BCUT2D eigenvalue weighted by Gasteiger charge is -2.34. The highest BCUT2D eigenvalue weighted by Gasteiger charge is 2.22. The van der Waals surface area contributed by atoms with Crippen molar-refractivity contribution in [2.45, 2.75) is 25.5 Å². The van der Waals surface area contributed by atoms with Crippen LogP contribution in [0.2, 0.25) is 0 Å². The van der Waals surface area contributed by atoms with Gasteiger partial charge in [-0.2, -0.15) is 0 Å². The number of halogens is 1. The Balaban J connectivity index is 1.25. The largest absolute Gasteiger partial charge is 0.339 e. The molecule has 0 aliphatic carbocycles. The lowest BCUT2D eigenvalue weighted by Crippen LogP contribution is -2.48. The van der Waals surface area contributed by atoms with Gasteiger partial charge in [0.1, 0.15) is 10.8 Å². The fourth-order valence-electron chi connectivity index (χ4n) is 3.46. The third kappa shape index (κ3) is 5.87. The highest BCUT2D eigenvalue weighted by Crippen LogP contribution is 2.24. The molecule has 0 N–H and O–H groups in total. The van der Waals surface area contributed by atoms with Crippen LogP contribution in [0.3, 0.4) is 0 Å². The Hall–Kier alpha value is -2.36. The molecule has 31 heavy (non-hydrogen) atoms. The first-order chi connectivity index (χ1) is 15.0. The second-order valence-corrected chi connectivity index (χ2v) is 9.33. The highest BCUT2D eigenvalue weighted by atomic mass is 32.2. The smallest absolute Gasteiger partial charge is 0.233 e. The number of hydrogen-bond donors (Lipinski definition) is 0. The monoisotopic (exact) mass is 457 g/mol. The van der Waals surface area contributed by atoms with Crippen molar-refractivity contribution in [3.63, 3.8) is 0 Å². The van der Waals surface area contributed by atoms with Crippen LogP contribution in [0.25, 0.3) is 10.6 Å². The minimum atomic E-state index is -0.243. The van der Waals surface area contributed by atoms with Crippen LogP contribution in [0, 0.1) is 19.7 Å². The summed E-state index contributed by atoms with van der Waals surface area (Å²) in [6.07, 6.45) is 0. The Bertz CT molecular complexity index is 1030. The summed E-state index contributed by atoms with van der Waals surface area (Å²) in [7, 11) is 0. The van der Waals surface area contributed by atoms with E-state index in [0.29, 0.717) is 24.0 Å². The number of thioether (sulfide) groups is 1. The van der Waals surface area contributed by atoms with Crippen LogP contribution in [0.15, 0.2) is 40.9 Å². The van der Waals surface area contributed by atoms with E-state index in [2.05, 4.69) is 20.2 Å². The van der Waals surface area contributed by atoms with E-state index < -0.39 is 0 Å². The average Bonchev–Trinajstić information content (AvgIpc) is 3.21. The lowest BCUT2D eigenvalue weighted by atomic mass is 10.2. The van der Waals surface area contributed by atoms with Crippen molar-refractivity contribution >= 4 is 29.0 Å². The molecule has 1 aromatic carbocycles. The zero-order valence-electron chi connectivity index (χ0n) is 17.5. The molecule has 1 amide bonds. The van der Waals surface area contributed by atoms with E-state index in [0.717, 1.165) is 47.3 Å². The predicted octanol–water partition coefficient (Wildman–Crippen LogP) is 3.79. The number of hydrogen-bond acceptors (Lipinski definition) is 7. The minimum absolute atomic E-state index is 0.125. The molecule has 9 heteroatoms. The van der Waals surface area contributed by atoms with Crippen molar-refractivity contribution in [3.8, 4) is 10.6 Å². The maximum atomic E-state index is 13.1. The highest BCUT2D eigenvalue weighted by molar-refractivity contribution is 7.99. The molecule has 6 nitrogen and oxygen atoms in total. The van der Waals surface area contributed by atoms with E-state index in [-0.39, 0.29) is 11.7 Å². The number of aromatic nitrogens is 3. The van der Waals surface area contributed by atoms with Crippen molar-refractivity contribution in [3.05, 3.63) is 58.6 Å². The zero-order valence-corrected chi connectivity index (χ0v) is 19.2. The predicted molar refractivity (Wildman–Crippen MR) is 122 cm³/mol. The zero-order chi connectivity index (χ0) is 21.8. The Morgan fingerprint density at radius 1 is 1.06 bits per heavy atom.